The Kier molecular flexibility index (Phi) is 5.88. The summed E-state index contributed by atoms with van der Waals surface area (Å²) in [6.45, 7) is 9.02. The van der Waals surface area contributed by atoms with Crippen molar-refractivity contribution in [3.63, 3.8) is 0 Å². The maximum Gasteiger partial charge on any atom is 0.494 e. The molecule has 2 aromatic carbocycles. The quantitative estimate of drug-likeness (QED) is 0.432. The average Bonchev–Trinajstić information content (AvgIpc) is 2.89. The number of nitrogens with zero attached hydrogens (tertiary/aromatic N) is 1. The van der Waals surface area contributed by atoms with Crippen molar-refractivity contribution >= 4 is 41.5 Å². The van der Waals surface area contributed by atoms with E-state index in [2.05, 4.69) is 10.6 Å². The van der Waals surface area contributed by atoms with Crippen LogP contribution in [0.25, 0.3) is 0 Å². The maximum absolute atomic E-state index is 12.7. The van der Waals surface area contributed by atoms with E-state index in [0.717, 1.165) is 0 Å². The first-order valence-electron chi connectivity index (χ1n) is 9.72. The van der Waals surface area contributed by atoms with Crippen molar-refractivity contribution in [3.8, 4) is 0 Å². The summed E-state index contributed by atoms with van der Waals surface area (Å²) >= 11 is 0. The van der Waals surface area contributed by atoms with Crippen molar-refractivity contribution in [3.05, 3.63) is 58.1 Å². The minimum atomic E-state index is -0.724. The van der Waals surface area contributed by atoms with E-state index >= 15 is 0 Å². The van der Waals surface area contributed by atoms with E-state index in [1.165, 1.54) is 31.2 Å². The Hall–Kier alpha value is -3.24. The Balaban J connectivity index is 1.86. The van der Waals surface area contributed by atoms with Crippen molar-refractivity contribution in [1.29, 1.82) is 0 Å². The molecule has 0 bridgehead atoms. The van der Waals surface area contributed by atoms with Gasteiger partial charge in [-0.2, -0.15) is 0 Å². The first-order chi connectivity index (χ1) is 14.4. The molecule has 2 aromatic rings. The molecule has 0 saturated carbocycles. The molecule has 1 saturated heterocycles. The van der Waals surface area contributed by atoms with Crippen LogP contribution in [0.2, 0.25) is 0 Å². The molecular weight excluding hydrogens is 401 g/mol. The van der Waals surface area contributed by atoms with E-state index in [4.69, 9.17) is 9.31 Å². The van der Waals surface area contributed by atoms with Crippen LogP contribution in [-0.2, 0) is 14.1 Å². The normalized spacial score (nSPS) is 16.6. The fourth-order valence-corrected chi connectivity index (χ4v) is 3.04. The molecule has 1 fully saturated rings. The highest BCUT2D eigenvalue weighted by Gasteiger charge is 2.51. The van der Waals surface area contributed by atoms with Gasteiger partial charge in [0.15, 0.2) is 0 Å². The number of nitrogens with one attached hydrogen (secondary N) is 2. The molecule has 0 atom stereocenters. The van der Waals surface area contributed by atoms with Crippen LogP contribution in [0, 0.1) is 10.1 Å². The molecule has 1 aliphatic heterocycles. The molecule has 9 nitrogen and oxygen atoms in total. The highest BCUT2D eigenvalue weighted by molar-refractivity contribution is 6.62. The van der Waals surface area contributed by atoms with Crippen LogP contribution in [-0.4, -0.2) is 35.1 Å². The predicted octanol–water partition coefficient (Wildman–Crippen LogP) is 3.10. The standard InChI is InChI=1S/C21H24BN3O6/c1-13(26)23-16-9-6-14(7-10-16)19(27)24-17-12-15(8-11-18(17)25(28)29)22-30-20(2,3)21(4,5)31-22/h6-12H,1-5H3,(H,23,26)(H,24,27). The summed E-state index contributed by atoms with van der Waals surface area (Å²) < 4.78 is 12.0. The summed E-state index contributed by atoms with van der Waals surface area (Å²) in [5.74, 6) is -0.754. The van der Waals surface area contributed by atoms with Crippen molar-refractivity contribution < 1.29 is 23.8 Å². The van der Waals surface area contributed by atoms with Gasteiger partial charge in [-0.1, -0.05) is 6.07 Å². The van der Waals surface area contributed by atoms with Gasteiger partial charge in [0.25, 0.3) is 11.6 Å². The maximum atomic E-state index is 12.7. The zero-order valence-electron chi connectivity index (χ0n) is 18.0. The summed E-state index contributed by atoms with van der Waals surface area (Å²) in [6, 6.07) is 10.5. The number of benzene rings is 2. The second kappa shape index (κ2) is 8.12. The van der Waals surface area contributed by atoms with E-state index in [-0.39, 0.29) is 22.8 Å². The van der Waals surface area contributed by atoms with Crippen LogP contribution in [0.4, 0.5) is 17.1 Å². The van der Waals surface area contributed by atoms with Gasteiger partial charge in [0, 0.05) is 24.2 Å². The average molecular weight is 425 g/mol. The molecule has 2 N–H and O–H groups in total. The van der Waals surface area contributed by atoms with Gasteiger partial charge in [-0.3, -0.25) is 19.7 Å². The number of carbonyl (C=O) groups is 2. The fourth-order valence-electron chi connectivity index (χ4n) is 3.04. The summed E-state index contributed by atoms with van der Waals surface area (Å²) in [5, 5.41) is 16.7. The number of anilines is 2. The van der Waals surface area contributed by atoms with Crippen LogP contribution in [0.15, 0.2) is 42.5 Å². The molecule has 0 radical (unpaired) electrons. The molecule has 162 valence electrons. The molecule has 0 aliphatic carbocycles. The van der Waals surface area contributed by atoms with E-state index < -0.39 is 29.2 Å². The second-order valence-corrected chi connectivity index (χ2v) is 8.33. The third-order valence-corrected chi connectivity index (χ3v) is 5.46. The van der Waals surface area contributed by atoms with Gasteiger partial charge in [0.1, 0.15) is 5.69 Å². The molecule has 0 aromatic heterocycles. The fraction of sp³-hybridized carbons (Fsp3) is 0.333. The molecule has 31 heavy (non-hydrogen) atoms. The number of amides is 2. The lowest BCUT2D eigenvalue weighted by Crippen LogP contribution is -2.41. The second-order valence-electron chi connectivity index (χ2n) is 8.33. The van der Waals surface area contributed by atoms with E-state index in [9.17, 15) is 19.7 Å². The number of rotatable bonds is 5. The Morgan fingerprint density at radius 2 is 1.55 bits per heavy atom. The van der Waals surface area contributed by atoms with Crippen LogP contribution < -0.4 is 16.1 Å². The van der Waals surface area contributed by atoms with Gasteiger partial charge >= 0.3 is 7.12 Å². The number of carbonyl (C=O) groups excluding carboxylic acids is 2. The smallest absolute Gasteiger partial charge is 0.399 e. The van der Waals surface area contributed by atoms with Crippen molar-refractivity contribution in [2.75, 3.05) is 10.6 Å². The topological polar surface area (TPSA) is 120 Å². The molecule has 0 unspecified atom stereocenters. The Morgan fingerprint density at radius 1 is 0.968 bits per heavy atom. The Bertz CT molecular complexity index is 1020. The first kappa shape index (κ1) is 22.5. The van der Waals surface area contributed by atoms with Crippen LogP contribution in [0.5, 0.6) is 0 Å². The zero-order chi connectivity index (χ0) is 23.0. The van der Waals surface area contributed by atoms with Gasteiger partial charge in [-0.15, -0.1) is 0 Å². The molecule has 1 aliphatic rings. The van der Waals surface area contributed by atoms with Crippen LogP contribution in [0.3, 0.4) is 0 Å². The molecular formula is C21H24BN3O6. The highest BCUT2D eigenvalue weighted by Crippen LogP contribution is 2.37. The third-order valence-electron chi connectivity index (χ3n) is 5.46. The molecule has 0 spiro atoms. The zero-order valence-corrected chi connectivity index (χ0v) is 18.0. The van der Waals surface area contributed by atoms with E-state index in [1.807, 2.05) is 27.7 Å². The molecule has 1 heterocycles. The molecule has 3 rings (SSSR count). The minimum absolute atomic E-state index is 0.0353. The van der Waals surface area contributed by atoms with Crippen molar-refractivity contribution in [2.24, 2.45) is 0 Å². The summed E-state index contributed by atoms with van der Waals surface area (Å²) in [4.78, 5) is 34.7. The van der Waals surface area contributed by atoms with Gasteiger partial charge in [0.2, 0.25) is 5.91 Å². The highest BCUT2D eigenvalue weighted by atomic mass is 16.7. The summed E-state index contributed by atoms with van der Waals surface area (Å²) in [7, 11) is -0.724. The number of nitro groups is 1. The number of hydrogen-bond donors (Lipinski definition) is 2. The monoisotopic (exact) mass is 425 g/mol. The van der Waals surface area contributed by atoms with Gasteiger partial charge < -0.3 is 19.9 Å². The van der Waals surface area contributed by atoms with Crippen LogP contribution >= 0.6 is 0 Å². The third kappa shape index (κ3) is 4.75. The summed E-state index contributed by atoms with van der Waals surface area (Å²) in [5.41, 5.74) is 0.0243. The summed E-state index contributed by atoms with van der Waals surface area (Å²) in [6.07, 6.45) is 0. The lowest BCUT2D eigenvalue weighted by Gasteiger charge is -2.32. The minimum Gasteiger partial charge on any atom is -0.399 e. The Morgan fingerprint density at radius 3 is 2.06 bits per heavy atom. The SMILES string of the molecule is CC(=O)Nc1ccc(C(=O)Nc2cc(B3OC(C)(C)C(C)(C)O3)ccc2[N+](=O)[O-])cc1. The lowest BCUT2D eigenvalue weighted by molar-refractivity contribution is -0.383. The van der Waals surface area contributed by atoms with Gasteiger partial charge in [-0.25, -0.2) is 0 Å². The van der Waals surface area contributed by atoms with Gasteiger partial charge in [-0.05, 0) is 63.5 Å². The van der Waals surface area contributed by atoms with Gasteiger partial charge in [0.05, 0.1) is 16.1 Å². The van der Waals surface area contributed by atoms with E-state index in [1.54, 1.807) is 18.2 Å². The van der Waals surface area contributed by atoms with E-state index in [0.29, 0.717) is 11.2 Å². The van der Waals surface area contributed by atoms with Crippen molar-refractivity contribution in [1.82, 2.24) is 0 Å². The van der Waals surface area contributed by atoms with Crippen LogP contribution in [0.1, 0.15) is 45.0 Å². The largest absolute Gasteiger partial charge is 0.494 e. The molecule has 10 heteroatoms. The predicted molar refractivity (Wildman–Crippen MR) is 118 cm³/mol. The number of hydrogen-bond acceptors (Lipinski definition) is 6. The Labute approximate surface area is 180 Å². The van der Waals surface area contributed by atoms with Crippen molar-refractivity contribution in [2.45, 2.75) is 45.8 Å². The number of nitro benzene ring substituents is 1. The molecule has 2 amide bonds. The first-order valence-corrected chi connectivity index (χ1v) is 9.72. The lowest BCUT2D eigenvalue weighted by atomic mass is 9.78.